The first kappa shape index (κ1) is 17.5. The molecule has 3 rings (SSSR count). The van der Waals surface area contributed by atoms with E-state index in [4.69, 9.17) is 9.47 Å². The second-order valence-electron chi connectivity index (χ2n) is 5.86. The zero-order valence-corrected chi connectivity index (χ0v) is 15.2. The Morgan fingerprint density at radius 2 is 1.65 bits per heavy atom. The topological polar surface area (TPSA) is 81.2 Å². The van der Waals surface area contributed by atoms with Crippen molar-refractivity contribution < 1.29 is 9.47 Å². The lowest BCUT2D eigenvalue weighted by Crippen LogP contribution is -2.03. The van der Waals surface area contributed by atoms with Crippen molar-refractivity contribution in [2.75, 3.05) is 24.9 Å². The van der Waals surface area contributed by atoms with Crippen molar-refractivity contribution in [1.82, 2.24) is 15.2 Å². The van der Waals surface area contributed by atoms with Crippen LogP contribution in [-0.2, 0) is 0 Å². The fourth-order valence-corrected chi connectivity index (χ4v) is 2.64. The van der Waals surface area contributed by atoms with Crippen LogP contribution in [0.3, 0.4) is 0 Å². The van der Waals surface area contributed by atoms with Gasteiger partial charge >= 0.3 is 0 Å². The molecule has 1 aromatic heterocycles. The second-order valence-corrected chi connectivity index (χ2v) is 5.86. The van der Waals surface area contributed by atoms with E-state index in [1.165, 1.54) is 11.1 Å². The number of methoxy groups -OCH3 is 2. The Morgan fingerprint density at radius 1 is 0.885 bits per heavy atom. The normalized spacial score (nSPS) is 10.3. The molecule has 0 aliphatic heterocycles. The molecule has 0 radical (unpaired) electrons. The van der Waals surface area contributed by atoms with Gasteiger partial charge in [-0.25, -0.2) is 0 Å². The summed E-state index contributed by atoms with van der Waals surface area (Å²) in [5.41, 5.74) is 3.99. The van der Waals surface area contributed by atoms with E-state index in [2.05, 4.69) is 45.7 Å². The molecule has 2 N–H and O–H groups in total. The van der Waals surface area contributed by atoms with Crippen LogP contribution in [0, 0.1) is 13.8 Å². The van der Waals surface area contributed by atoms with Gasteiger partial charge in [-0.1, -0.05) is 6.07 Å². The first-order valence-corrected chi connectivity index (χ1v) is 8.11. The Hall–Kier alpha value is -3.35. The highest BCUT2D eigenvalue weighted by atomic mass is 16.5. The third-order valence-electron chi connectivity index (χ3n) is 3.71. The van der Waals surface area contributed by atoms with Gasteiger partial charge in [0, 0.05) is 11.8 Å². The predicted octanol–water partition coefficient (Wildman–Crippen LogP) is 3.99. The molecule has 0 amide bonds. The molecule has 2 aromatic carbocycles. The van der Waals surface area contributed by atoms with Gasteiger partial charge in [0.2, 0.25) is 5.95 Å². The summed E-state index contributed by atoms with van der Waals surface area (Å²) in [7, 11) is 3.21. The number of aromatic nitrogens is 3. The number of nitrogens with zero attached hydrogens (tertiary/aromatic N) is 3. The van der Waals surface area contributed by atoms with Crippen LogP contribution in [0.4, 0.5) is 23.1 Å². The maximum Gasteiger partial charge on any atom is 0.249 e. The quantitative estimate of drug-likeness (QED) is 0.695. The highest BCUT2D eigenvalue weighted by Crippen LogP contribution is 2.30. The lowest BCUT2D eigenvalue weighted by molar-refractivity contribution is 0.405. The second kappa shape index (κ2) is 7.69. The van der Waals surface area contributed by atoms with E-state index in [9.17, 15) is 0 Å². The van der Waals surface area contributed by atoms with E-state index >= 15 is 0 Å². The van der Waals surface area contributed by atoms with E-state index in [0.717, 1.165) is 5.69 Å². The summed E-state index contributed by atoms with van der Waals surface area (Å²) >= 11 is 0. The molecule has 1 heterocycles. The van der Waals surface area contributed by atoms with Crippen LogP contribution in [-0.4, -0.2) is 29.4 Å². The maximum absolute atomic E-state index is 5.36. The Kier molecular flexibility index (Phi) is 5.17. The number of hydrogen-bond donors (Lipinski definition) is 2. The summed E-state index contributed by atoms with van der Waals surface area (Å²) < 4.78 is 10.6. The lowest BCUT2D eigenvalue weighted by atomic mass is 10.1. The minimum Gasteiger partial charge on any atom is -0.497 e. The Morgan fingerprint density at radius 3 is 2.35 bits per heavy atom. The monoisotopic (exact) mass is 351 g/mol. The molecule has 7 heteroatoms. The van der Waals surface area contributed by atoms with Gasteiger partial charge in [0.15, 0.2) is 5.82 Å². The molecule has 0 bridgehead atoms. The molecule has 0 spiro atoms. The molecule has 0 saturated carbocycles. The molecule has 134 valence electrons. The van der Waals surface area contributed by atoms with E-state index in [-0.39, 0.29) is 0 Å². The first-order valence-electron chi connectivity index (χ1n) is 8.11. The van der Waals surface area contributed by atoms with Crippen molar-refractivity contribution in [2.45, 2.75) is 13.8 Å². The number of aryl methyl sites for hydroxylation is 2. The summed E-state index contributed by atoms with van der Waals surface area (Å²) in [6.07, 6.45) is 1.58. The Labute approximate surface area is 152 Å². The molecule has 0 unspecified atom stereocenters. The average molecular weight is 351 g/mol. The largest absolute Gasteiger partial charge is 0.497 e. The lowest BCUT2D eigenvalue weighted by Gasteiger charge is -2.12. The van der Waals surface area contributed by atoms with Crippen LogP contribution in [0.25, 0.3) is 0 Å². The van der Waals surface area contributed by atoms with Gasteiger partial charge in [0.05, 0.1) is 26.1 Å². The number of rotatable bonds is 6. The number of benzene rings is 2. The smallest absolute Gasteiger partial charge is 0.249 e. The summed E-state index contributed by atoms with van der Waals surface area (Å²) in [6, 6.07) is 11.7. The molecule has 0 aliphatic carbocycles. The molecular weight excluding hydrogens is 330 g/mol. The zero-order chi connectivity index (χ0) is 18.5. The minimum absolute atomic E-state index is 0.353. The molecule has 0 atom stereocenters. The molecule has 0 aliphatic rings. The van der Waals surface area contributed by atoms with Crippen LogP contribution < -0.4 is 20.1 Å². The van der Waals surface area contributed by atoms with Crippen molar-refractivity contribution in [3.63, 3.8) is 0 Å². The SMILES string of the molecule is COc1ccc(OC)c(Nc2nncc(Nc3cc(C)cc(C)c3)n2)c1. The molecule has 26 heavy (non-hydrogen) atoms. The van der Waals surface area contributed by atoms with Crippen molar-refractivity contribution in [3.8, 4) is 11.5 Å². The number of nitrogens with one attached hydrogen (secondary N) is 2. The van der Waals surface area contributed by atoms with Gasteiger partial charge in [-0.05, 0) is 49.2 Å². The van der Waals surface area contributed by atoms with E-state index < -0.39 is 0 Å². The molecule has 0 saturated heterocycles. The van der Waals surface area contributed by atoms with Gasteiger partial charge in [-0.15, -0.1) is 5.10 Å². The molecule has 0 fully saturated rings. The summed E-state index contributed by atoms with van der Waals surface area (Å²) in [5, 5.41) is 14.4. The van der Waals surface area contributed by atoms with Crippen LogP contribution in [0.15, 0.2) is 42.6 Å². The average Bonchev–Trinajstić information content (AvgIpc) is 2.61. The maximum atomic E-state index is 5.36. The standard InChI is InChI=1S/C19H21N5O2/c1-12-7-13(2)9-14(8-12)21-18-11-20-24-19(23-18)22-16-10-15(25-3)5-6-17(16)26-4/h5-11H,1-4H3,(H2,21,22,23,24). The molecule has 7 nitrogen and oxygen atoms in total. The van der Waals surface area contributed by atoms with Crippen molar-refractivity contribution in [3.05, 3.63) is 53.7 Å². The number of ether oxygens (including phenoxy) is 2. The number of hydrogen-bond acceptors (Lipinski definition) is 7. The van der Waals surface area contributed by atoms with Crippen LogP contribution in [0.1, 0.15) is 11.1 Å². The predicted molar refractivity (Wildman–Crippen MR) is 102 cm³/mol. The van der Waals surface area contributed by atoms with Crippen molar-refractivity contribution in [1.29, 1.82) is 0 Å². The third-order valence-corrected chi connectivity index (χ3v) is 3.71. The van der Waals surface area contributed by atoms with E-state index in [1.807, 2.05) is 30.3 Å². The first-order chi connectivity index (χ1) is 12.6. The van der Waals surface area contributed by atoms with Gasteiger partial charge in [-0.3, -0.25) is 0 Å². The Balaban J connectivity index is 1.83. The van der Waals surface area contributed by atoms with Gasteiger partial charge in [-0.2, -0.15) is 10.1 Å². The third kappa shape index (κ3) is 4.18. The summed E-state index contributed by atoms with van der Waals surface area (Å²) in [4.78, 5) is 4.46. The fourth-order valence-electron chi connectivity index (χ4n) is 2.64. The minimum atomic E-state index is 0.353. The zero-order valence-electron chi connectivity index (χ0n) is 15.2. The van der Waals surface area contributed by atoms with Crippen LogP contribution in [0.2, 0.25) is 0 Å². The van der Waals surface area contributed by atoms with Crippen LogP contribution in [0.5, 0.6) is 11.5 Å². The van der Waals surface area contributed by atoms with Crippen molar-refractivity contribution in [2.24, 2.45) is 0 Å². The summed E-state index contributed by atoms with van der Waals surface area (Å²) in [6.45, 7) is 4.11. The van der Waals surface area contributed by atoms with Crippen LogP contribution >= 0.6 is 0 Å². The number of anilines is 4. The van der Waals surface area contributed by atoms with Crippen molar-refractivity contribution >= 4 is 23.1 Å². The molecular formula is C19H21N5O2. The molecule has 3 aromatic rings. The highest BCUT2D eigenvalue weighted by molar-refractivity contribution is 5.66. The van der Waals surface area contributed by atoms with Gasteiger partial charge < -0.3 is 20.1 Å². The van der Waals surface area contributed by atoms with E-state index in [1.54, 1.807) is 20.4 Å². The Bertz CT molecular complexity index is 894. The highest BCUT2D eigenvalue weighted by Gasteiger charge is 2.08. The fraction of sp³-hybridized carbons (Fsp3) is 0.211. The summed E-state index contributed by atoms with van der Waals surface area (Å²) in [5.74, 6) is 2.30. The van der Waals surface area contributed by atoms with Gasteiger partial charge in [0.1, 0.15) is 11.5 Å². The van der Waals surface area contributed by atoms with E-state index in [0.29, 0.717) is 29.0 Å². The van der Waals surface area contributed by atoms with Gasteiger partial charge in [0.25, 0.3) is 0 Å².